The average Bonchev–Trinajstić information content (AvgIpc) is 2.93. The molecule has 0 fully saturated rings. The van der Waals surface area contributed by atoms with Crippen LogP contribution in [-0.2, 0) is 14.3 Å². The molecule has 1 aromatic carbocycles. The van der Waals surface area contributed by atoms with Crippen LogP contribution in [0.15, 0.2) is 29.5 Å². The van der Waals surface area contributed by atoms with Gasteiger partial charge in [0.15, 0.2) is 0 Å². The molecule has 0 bridgehead atoms. The van der Waals surface area contributed by atoms with Crippen LogP contribution in [0.5, 0.6) is 0 Å². The quantitative estimate of drug-likeness (QED) is 0.683. The lowest BCUT2D eigenvalue weighted by molar-refractivity contribution is -0.136. The number of aryl methyl sites for hydroxylation is 1. The Morgan fingerprint density at radius 2 is 2.04 bits per heavy atom. The minimum absolute atomic E-state index is 0.126. The van der Waals surface area contributed by atoms with Crippen LogP contribution < -0.4 is 10.2 Å². The first-order valence-electron chi connectivity index (χ1n) is 8.80. The summed E-state index contributed by atoms with van der Waals surface area (Å²) in [6, 6.07) is 5.98. The van der Waals surface area contributed by atoms with Gasteiger partial charge in [0, 0.05) is 19.6 Å². The van der Waals surface area contributed by atoms with E-state index in [1.165, 1.54) is 12.0 Å². The molecule has 0 saturated carbocycles. The molecule has 0 unspecified atom stereocenters. The number of amides is 1. The highest BCUT2D eigenvalue weighted by Crippen LogP contribution is 2.31. The number of aliphatic hydroxyl groups is 1. The van der Waals surface area contributed by atoms with Gasteiger partial charge in [-0.1, -0.05) is 6.07 Å². The summed E-state index contributed by atoms with van der Waals surface area (Å²) in [5.41, 5.74) is 3.26. The Balaban J connectivity index is 2.45. The van der Waals surface area contributed by atoms with Gasteiger partial charge in [-0.3, -0.25) is 4.79 Å². The standard InChI is InChI=1S/C19H27N3O4/c1-5-21(6-2)16-8-7-13(3)11-15(16)20-17-14(19(25)26-4)12-22(9-10-23)18(17)24/h7-8,11,20,23H,5-6,9-10,12H2,1-4H3. The third kappa shape index (κ3) is 3.99. The van der Waals surface area contributed by atoms with Gasteiger partial charge in [0.2, 0.25) is 0 Å². The van der Waals surface area contributed by atoms with Crippen molar-refractivity contribution in [1.82, 2.24) is 4.90 Å². The van der Waals surface area contributed by atoms with E-state index in [1.807, 2.05) is 25.1 Å². The molecule has 1 aliphatic heterocycles. The molecule has 0 spiro atoms. The number of carbonyl (C=O) groups excluding carboxylic acids is 2. The van der Waals surface area contributed by atoms with Crippen molar-refractivity contribution in [3.63, 3.8) is 0 Å². The zero-order valence-corrected chi connectivity index (χ0v) is 15.8. The summed E-state index contributed by atoms with van der Waals surface area (Å²) in [4.78, 5) is 28.4. The van der Waals surface area contributed by atoms with Gasteiger partial charge in [-0.25, -0.2) is 4.79 Å². The first kappa shape index (κ1) is 19.8. The number of aliphatic hydroxyl groups excluding tert-OH is 1. The van der Waals surface area contributed by atoms with Crippen molar-refractivity contribution in [2.75, 3.05) is 50.1 Å². The Morgan fingerprint density at radius 1 is 1.35 bits per heavy atom. The molecule has 7 nitrogen and oxygen atoms in total. The number of nitrogens with one attached hydrogen (secondary N) is 1. The molecule has 26 heavy (non-hydrogen) atoms. The van der Waals surface area contributed by atoms with Crippen molar-refractivity contribution in [2.24, 2.45) is 0 Å². The molecule has 2 rings (SSSR count). The zero-order valence-electron chi connectivity index (χ0n) is 15.8. The lowest BCUT2D eigenvalue weighted by atomic mass is 10.1. The van der Waals surface area contributed by atoms with E-state index in [-0.39, 0.29) is 36.9 Å². The number of carbonyl (C=O) groups is 2. The van der Waals surface area contributed by atoms with Gasteiger partial charge in [-0.2, -0.15) is 0 Å². The molecular formula is C19H27N3O4. The van der Waals surface area contributed by atoms with Crippen LogP contribution in [0, 0.1) is 6.92 Å². The maximum Gasteiger partial charge on any atom is 0.337 e. The molecule has 0 aromatic heterocycles. The second kappa shape index (κ2) is 8.71. The number of nitrogens with zero attached hydrogens (tertiary/aromatic N) is 2. The summed E-state index contributed by atoms with van der Waals surface area (Å²) in [7, 11) is 1.29. The Bertz CT molecular complexity index is 711. The van der Waals surface area contributed by atoms with Gasteiger partial charge in [0.1, 0.15) is 5.70 Å². The first-order valence-corrected chi connectivity index (χ1v) is 8.80. The highest BCUT2D eigenvalue weighted by Gasteiger charge is 2.34. The number of anilines is 2. The first-order chi connectivity index (χ1) is 12.5. The molecule has 0 aliphatic carbocycles. The fraction of sp³-hybridized carbons (Fsp3) is 0.474. The van der Waals surface area contributed by atoms with Crippen LogP contribution in [0.25, 0.3) is 0 Å². The van der Waals surface area contributed by atoms with E-state index in [4.69, 9.17) is 9.84 Å². The summed E-state index contributed by atoms with van der Waals surface area (Å²) in [6.45, 7) is 7.88. The van der Waals surface area contributed by atoms with Gasteiger partial charge in [-0.05, 0) is 38.5 Å². The molecule has 0 radical (unpaired) electrons. The van der Waals surface area contributed by atoms with Crippen LogP contribution in [0.1, 0.15) is 19.4 Å². The van der Waals surface area contributed by atoms with E-state index in [0.717, 1.165) is 30.0 Å². The largest absolute Gasteiger partial charge is 0.466 e. The number of hydrogen-bond acceptors (Lipinski definition) is 6. The summed E-state index contributed by atoms with van der Waals surface area (Å²) in [5, 5.41) is 12.3. The number of rotatable bonds is 8. The highest BCUT2D eigenvalue weighted by molar-refractivity contribution is 6.09. The Hall–Kier alpha value is -2.54. The number of hydrogen-bond donors (Lipinski definition) is 2. The van der Waals surface area contributed by atoms with Crippen molar-refractivity contribution in [3.05, 3.63) is 35.0 Å². The van der Waals surface area contributed by atoms with Crippen molar-refractivity contribution in [2.45, 2.75) is 20.8 Å². The predicted octanol–water partition coefficient (Wildman–Crippen LogP) is 1.51. The lowest BCUT2D eigenvalue weighted by Crippen LogP contribution is -2.31. The summed E-state index contributed by atoms with van der Waals surface area (Å²) in [5.74, 6) is -0.857. The SMILES string of the molecule is CCN(CC)c1ccc(C)cc1NC1=C(C(=O)OC)CN(CCO)C1=O. The van der Waals surface area contributed by atoms with Gasteiger partial charge >= 0.3 is 5.97 Å². The summed E-state index contributed by atoms with van der Waals surface area (Å²) >= 11 is 0. The molecule has 0 saturated heterocycles. The Morgan fingerprint density at radius 3 is 2.62 bits per heavy atom. The third-order valence-electron chi connectivity index (χ3n) is 4.47. The average molecular weight is 361 g/mol. The molecule has 1 aromatic rings. The normalized spacial score (nSPS) is 14.0. The van der Waals surface area contributed by atoms with Crippen molar-refractivity contribution < 1.29 is 19.4 Å². The van der Waals surface area contributed by atoms with Crippen molar-refractivity contribution in [1.29, 1.82) is 0 Å². The summed E-state index contributed by atoms with van der Waals surface area (Å²) in [6.07, 6.45) is 0. The molecule has 2 N–H and O–H groups in total. The maximum atomic E-state index is 12.7. The molecule has 1 heterocycles. The third-order valence-corrected chi connectivity index (χ3v) is 4.47. The molecular weight excluding hydrogens is 334 g/mol. The molecule has 7 heteroatoms. The lowest BCUT2D eigenvalue weighted by Gasteiger charge is -2.25. The predicted molar refractivity (Wildman–Crippen MR) is 101 cm³/mol. The van der Waals surface area contributed by atoms with Gasteiger partial charge < -0.3 is 25.0 Å². The van der Waals surface area contributed by atoms with Crippen LogP contribution in [0.4, 0.5) is 11.4 Å². The van der Waals surface area contributed by atoms with Crippen molar-refractivity contribution >= 4 is 23.3 Å². The molecule has 0 atom stereocenters. The van der Waals surface area contributed by atoms with Gasteiger partial charge in [0.05, 0.1) is 37.2 Å². The van der Waals surface area contributed by atoms with Crippen LogP contribution >= 0.6 is 0 Å². The number of β-amino-alcohol motifs (C(OH)–C–C–N with tert-alkyl or cyclic N) is 1. The van der Waals surface area contributed by atoms with E-state index in [0.29, 0.717) is 0 Å². The minimum Gasteiger partial charge on any atom is -0.466 e. The topological polar surface area (TPSA) is 82.1 Å². The van der Waals surface area contributed by atoms with Crippen LogP contribution in [-0.4, -0.2) is 61.8 Å². The summed E-state index contributed by atoms with van der Waals surface area (Å²) < 4.78 is 4.83. The molecule has 1 aliphatic rings. The second-order valence-electron chi connectivity index (χ2n) is 6.11. The number of benzene rings is 1. The molecule has 1 amide bonds. The molecule has 142 valence electrons. The monoisotopic (exact) mass is 361 g/mol. The fourth-order valence-electron chi connectivity index (χ4n) is 3.07. The minimum atomic E-state index is -0.543. The Kier molecular flexibility index (Phi) is 6.63. The van der Waals surface area contributed by atoms with E-state index >= 15 is 0 Å². The van der Waals surface area contributed by atoms with Crippen LogP contribution in [0.2, 0.25) is 0 Å². The van der Waals surface area contributed by atoms with Gasteiger partial charge in [0.25, 0.3) is 5.91 Å². The fourth-order valence-corrected chi connectivity index (χ4v) is 3.07. The van der Waals surface area contributed by atoms with E-state index in [9.17, 15) is 9.59 Å². The van der Waals surface area contributed by atoms with Gasteiger partial charge in [-0.15, -0.1) is 0 Å². The number of esters is 1. The number of ether oxygens (including phenoxy) is 1. The van der Waals surface area contributed by atoms with Crippen molar-refractivity contribution in [3.8, 4) is 0 Å². The smallest absolute Gasteiger partial charge is 0.337 e. The second-order valence-corrected chi connectivity index (χ2v) is 6.11. The van der Waals surface area contributed by atoms with E-state index in [2.05, 4.69) is 24.1 Å². The maximum absolute atomic E-state index is 12.7. The van der Waals surface area contributed by atoms with E-state index < -0.39 is 5.97 Å². The Labute approximate surface area is 154 Å². The van der Waals surface area contributed by atoms with E-state index in [1.54, 1.807) is 0 Å². The number of methoxy groups -OCH3 is 1. The van der Waals surface area contributed by atoms with Crippen LogP contribution in [0.3, 0.4) is 0 Å². The highest BCUT2D eigenvalue weighted by atomic mass is 16.5. The zero-order chi connectivity index (χ0) is 19.3.